The number of thiol groups is 1. The molecule has 3 atom stereocenters. The molecule has 12 heavy (non-hydrogen) atoms. The van der Waals surface area contributed by atoms with Gasteiger partial charge in [0.15, 0.2) is 5.06 Å². The van der Waals surface area contributed by atoms with Crippen molar-refractivity contribution >= 4 is 12.6 Å². The summed E-state index contributed by atoms with van der Waals surface area (Å²) in [4.78, 5) is 1.83. The van der Waals surface area contributed by atoms with Crippen LogP contribution in [0.1, 0.15) is 6.92 Å². The number of likely N-dealkylation sites (N-methyl/N-ethyl adjacent to an activating group) is 1. The smallest absolute Gasteiger partial charge is 0.166 e. The summed E-state index contributed by atoms with van der Waals surface area (Å²) in [5.41, 5.74) is 0. The third kappa shape index (κ3) is 1.32. The second-order valence-corrected chi connectivity index (χ2v) is 3.69. The van der Waals surface area contributed by atoms with Crippen LogP contribution in [0, 0.1) is 24.7 Å². The third-order valence-corrected chi connectivity index (χ3v) is 2.46. The highest BCUT2D eigenvalue weighted by molar-refractivity contribution is 7.81. The third-order valence-electron chi connectivity index (χ3n) is 2.04. The van der Waals surface area contributed by atoms with Crippen molar-refractivity contribution in [1.82, 2.24) is 4.90 Å². The van der Waals surface area contributed by atoms with Crippen LogP contribution < -0.4 is 0 Å². The Morgan fingerprint density at radius 2 is 2.08 bits per heavy atom. The quantitative estimate of drug-likeness (QED) is 0.433. The molecule has 0 aromatic rings. The molecule has 0 amide bonds. The minimum absolute atomic E-state index is 0.183. The molecule has 64 valence electrons. The maximum Gasteiger partial charge on any atom is 0.166 e. The van der Waals surface area contributed by atoms with Gasteiger partial charge in [-0.3, -0.25) is 4.90 Å². The normalized spacial score (nSPS) is 42.1. The Morgan fingerprint density at radius 1 is 1.50 bits per heavy atom. The lowest BCUT2D eigenvalue weighted by atomic mass is 10.2. The number of hydrogen-bond donors (Lipinski definition) is 1. The molecule has 0 N–H and O–H groups in total. The van der Waals surface area contributed by atoms with Crippen LogP contribution in [0.3, 0.4) is 0 Å². The zero-order chi connectivity index (χ0) is 9.35. The van der Waals surface area contributed by atoms with Gasteiger partial charge < -0.3 is 4.74 Å². The lowest BCUT2D eigenvalue weighted by Crippen LogP contribution is -2.38. The predicted molar refractivity (Wildman–Crippen MR) is 51.5 cm³/mol. The van der Waals surface area contributed by atoms with Crippen LogP contribution in [0.15, 0.2) is 0 Å². The summed E-state index contributed by atoms with van der Waals surface area (Å²) in [6.45, 7) is 1.82. The molecule has 0 aromatic heterocycles. The van der Waals surface area contributed by atoms with Crippen molar-refractivity contribution in [3.8, 4) is 24.7 Å². The number of terminal acetylenes is 2. The fraction of sp³-hybridized carbons (Fsp3) is 0.556. The van der Waals surface area contributed by atoms with E-state index in [1.807, 2.05) is 18.9 Å². The Labute approximate surface area is 78.7 Å². The summed E-state index contributed by atoms with van der Waals surface area (Å²) < 4.78 is 5.43. The van der Waals surface area contributed by atoms with Gasteiger partial charge in [-0.15, -0.1) is 25.5 Å². The molecule has 0 aliphatic carbocycles. The minimum Gasteiger partial charge on any atom is -0.333 e. The van der Waals surface area contributed by atoms with Crippen molar-refractivity contribution in [2.75, 3.05) is 7.05 Å². The van der Waals surface area contributed by atoms with E-state index < -0.39 is 5.06 Å². The topological polar surface area (TPSA) is 12.5 Å². The monoisotopic (exact) mass is 181 g/mol. The van der Waals surface area contributed by atoms with Crippen LogP contribution >= 0.6 is 12.6 Å². The fourth-order valence-electron chi connectivity index (χ4n) is 1.17. The molecule has 0 bridgehead atoms. The first-order chi connectivity index (χ1) is 5.53. The molecule has 0 aromatic carbocycles. The van der Waals surface area contributed by atoms with Gasteiger partial charge >= 0.3 is 0 Å². The van der Waals surface area contributed by atoms with Crippen LogP contribution in [0.5, 0.6) is 0 Å². The van der Waals surface area contributed by atoms with E-state index in [2.05, 4.69) is 24.5 Å². The second kappa shape index (κ2) is 3.03. The molecular formula is C9H11NOS. The molecule has 1 aliphatic heterocycles. The summed E-state index contributed by atoms with van der Waals surface area (Å²) in [7, 11) is 1.84. The van der Waals surface area contributed by atoms with E-state index >= 15 is 0 Å². The average molecular weight is 181 g/mol. The van der Waals surface area contributed by atoms with Gasteiger partial charge in [0.1, 0.15) is 12.1 Å². The molecule has 1 rings (SSSR count). The van der Waals surface area contributed by atoms with E-state index in [-0.39, 0.29) is 12.1 Å². The maximum absolute atomic E-state index is 5.43. The summed E-state index contributed by atoms with van der Waals surface area (Å²) in [5.74, 6) is 5.08. The Bertz CT molecular complexity index is 261. The summed E-state index contributed by atoms with van der Waals surface area (Å²) in [6, 6.07) is -0.183. The predicted octanol–water partition coefficient (Wildman–Crippen LogP) is 0.555. The highest BCUT2D eigenvalue weighted by Crippen LogP contribution is 2.32. The lowest BCUT2D eigenvalue weighted by molar-refractivity contribution is 0.0118. The Morgan fingerprint density at radius 3 is 2.42 bits per heavy atom. The molecule has 0 radical (unpaired) electrons. The highest BCUT2D eigenvalue weighted by atomic mass is 32.1. The Kier molecular flexibility index (Phi) is 2.39. The first-order valence-corrected chi connectivity index (χ1v) is 4.03. The van der Waals surface area contributed by atoms with Gasteiger partial charge in [-0.25, -0.2) is 0 Å². The number of rotatable bonds is 0. The van der Waals surface area contributed by atoms with Crippen LogP contribution in [0.4, 0.5) is 0 Å². The molecule has 1 saturated heterocycles. The van der Waals surface area contributed by atoms with Crippen LogP contribution in [-0.4, -0.2) is 29.2 Å². The minimum atomic E-state index is -0.659. The van der Waals surface area contributed by atoms with E-state index in [0.717, 1.165) is 0 Å². The van der Waals surface area contributed by atoms with Crippen LogP contribution in [0.25, 0.3) is 0 Å². The van der Waals surface area contributed by atoms with Gasteiger partial charge in [-0.1, -0.05) is 11.8 Å². The van der Waals surface area contributed by atoms with Gasteiger partial charge in [0.05, 0.1) is 0 Å². The van der Waals surface area contributed by atoms with E-state index in [1.54, 1.807) is 0 Å². The van der Waals surface area contributed by atoms with Gasteiger partial charge in [0, 0.05) is 0 Å². The van der Waals surface area contributed by atoms with Crippen molar-refractivity contribution in [2.45, 2.75) is 24.1 Å². The van der Waals surface area contributed by atoms with Gasteiger partial charge in [0.25, 0.3) is 0 Å². The number of nitrogens with zero attached hydrogens (tertiary/aromatic N) is 1. The molecule has 0 spiro atoms. The van der Waals surface area contributed by atoms with E-state index in [1.165, 1.54) is 0 Å². The van der Waals surface area contributed by atoms with Crippen LogP contribution in [0.2, 0.25) is 0 Å². The molecule has 1 aliphatic rings. The summed E-state index contributed by atoms with van der Waals surface area (Å²) in [5, 5.41) is -0.659. The second-order valence-electron chi connectivity index (χ2n) is 2.86. The Balaban J connectivity index is 2.90. The zero-order valence-electron chi connectivity index (χ0n) is 7.11. The summed E-state index contributed by atoms with van der Waals surface area (Å²) in [6.07, 6.45) is 10.2. The average Bonchev–Trinajstić information content (AvgIpc) is 2.24. The number of hydrogen-bond acceptors (Lipinski definition) is 3. The molecule has 3 heteroatoms. The standard InChI is InChI=1S/C9H11NOS/c1-5-7-8(6-2)11-9(3,12)10(7)4/h1-2,7-8,12H,3-4H3. The van der Waals surface area contributed by atoms with E-state index in [9.17, 15) is 0 Å². The van der Waals surface area contributed by atoms with Crippen molar-refractivity contribution < 1.29 is 4.74 Å². The van der Waals surface area contributed by atoms with Crippen LogP contribution in [-0.2, 0) is 4.74 Å². The maximum atomic E-state index is 5.43. The van der Waals surface area contributed by atoms with Gasteiger partial charge in [-0.2, -0.15) is 0 Å². The SMILES string of the molecule is C#CC1OC(C)(S)N(C)C1C#C. The van der Waals surface area contributed by atoms with Gasteiger partial charge in [0.2, 0.25) is 0 Å². The van der Waals surface area contributed by atoms with Crippen molar-refractivity contribution in [3.63, 3.8) is 0 Å². The fourth-order valence-corrected chi connectivity index (χ4v) is 1.41. The molecule has 0 saturated carbocycles. The lowest BCUT2D eigenvalue weighted by Gasteiger charge is -2.25. The molecule has 3 unspecified atom stereocenters. The zero-order valence-corrected chi connectivity index (χ0v) is 8.01. The van der Waals surface area contributed by atoms with Crippen molar-refractivity contribution in [1.29, 1.82) is 0 Å². The molecule has 1 fully saturated rings. The first-order valence-electron chi connectivity index (χ1n) is 3.58. The number of ether oxygens (including phenoxy) is 1. The van der Waals surface area contributed by atoms with Gasteiger partial charge in [-0.05, 0) is 14.0 Å². The van der Waals surface area contributed by atoms with E-state index in [0.29, 0.717) is 0 Å². The molecule has 1 heterocycles. The highest BCUT2D eigenvalue weighted by Gasteiger charge is 2.44. The van der Waals surface area contributed by atoms with E-state index in [4.69, 9.17) is 17.6 Å². The summed E-state index contributed by atoms with van der Waals surface area (Å²) >= 11 is 4.28. The molecular weight excluding hydrogens is 170 g/mol. The largest absolute Gasteiger partial charge is 0.333 e. The van der Waals surface area contributed by atoms with Crippen molar-refractivity contribution in [3.05, 3.63) is 0 Å². The Hall–Kier alpha value is -0.610. The molecule has 2 nitrogen and oxygen atoms in total. The van der Waals surface area contributed by atoms with Crippen molar-refractivity contribution in [2.24, 2.45) is 0 Å². The first kappa shape index (κ1) is 9.48.